The number of allylic oxidation sites excluding steroid dienone is 1. The van der Waals surface area contributed by atoms with Gasteiger partial charge in [-0.2, -0.15) is 26.3 Å². The van der Waals surface area contributed by atoms with Crippen molar-refractivity contribution < 1.29 is 49.1 Å². The second-order valence-corrected chi connectivity index (χ2v) is 13.9. The molecule has 1 aliphatic carbocycles. The SMILES string of the molecule is CC(C)=CCC1N(S(=O)(=O)c2ccc(F)cc2)c2ccc(C(=O)Nc3cncc(C(F)(F)F)c3)cc2C12CCC(O)(C(F)(F)F)CC2. The van der Waals surface area contributed by atoms with Crippen molar-refractivity contribution in [3.05, 3.63) is 95.1 Å². The Morgan fingerprint density at radius 1 is 1.00 bits per heavy atom. The fourth-order valence-electron chi connectivity index (χ4n) is 6.39. The van der Waals surface area contributed by atoms with E-state index in [0.29, 0.717) is 12.3 Å². The average molecular weight is 686 g/mol. The number of carbonyl (C=O) groups excluding carboxylic acids is 1. The van der Waals surface area contributed by atoms with Crippen molar-refractivity contribution in [2.24, 2.45) is 0 Å². The molecule has 47 heavy (non-hydrogen) atoms. The Morgan fingerprint density at radius 2 is 1.64 bits per heavy atom. The van der Waals surface area contributed by atoms with E-state index in [1.54, 1.807) is 19.9 Å². The molecule has 252 valence electrons. The number of hydrogen-bond donors (Lipinski definition) is 2. The Kier molecular flexibility index (Phi) is 8.71. The highest BCUT2D eigenvalue weighted by atomic mass is 32.2. The van der Waals surface area contributed by atoms with Gasteiger partial charge in [0.15, 0.2) is 5.60 Å². The highest BCUT2D eigenvalue weighted by Crippen LogP contribution is 2.59. The summed E-state index contributed by atoms with van der Waals surface area (Å²) >= 11 is 0. The Labute approximate surface area is 266 Å². The number of nitrogens with one attached hydrogen (secondary N) is 1. The van der Waals surface area contributed by atoms with Crippen LogP contribution in [0.5, 0.6) is 0 Å². The largest absolute Gasteiger partial charge is 0.417 e. The normalized spacial score (nSPS) is 23.0. The van der Waals surface area contributed by atoms with Crippen LogP contribution in [-0.2, 0) is 21.6 Å². The summed E-state index contributed by atoms with van der Waals surface area (Å²) in [5.41, 5.74) is -4.70. The standard InChI is InChI=1S/C32H30F7N3O4S/c1-19(2)3-10-27-29(11-13-30(44,14-12-29)32(37,38)39)25-15-20(28(43)41-23-16-21(17-40-18-23)31(34,35)36)4-9-26(25)42(27)47(45,46)24-7-5-22(33)6-8-24/h3-9,15-18,27,44H,10-14H2,1-2H3,(H,41,43). The summed E-state index contributed by atoms with van der Waals surface area (Å²) in [6.07, 6.45) is -8.42. The predicted molar refractivity (Wildman–Crippen MR) is 159 cm³/mol. The van der Waals surface area contributed by atoms with Gasteiger partial charge in [-0.3, -0.25) is 14.1 Å². The first-order valence-electron chi connectivity index (χ1n) is 14.5. The molecule has 2 N–H and O–H groups in total. The molecule has 0 radical (unpaired) electrons. The van der Waals surface area contributed by atoms with Gasteiger partial charge in [0.25, 0.3) is 15.9 Å². The first-order valence-corrected chi connectivity index (χ1v) is 15.9. The molecule has 5 rings (SSSR count). The van der Waals surface area contributed by atoms with Gasteiger partial charge in [-0.25, -0.2) is 12.8 Å². The van der Waals surface area contributed by atoms with Gasteiger partial charge in [0.2, 0.25) is 0 Å². The molecule has 7 nitrogen and oxygen atoms in total. The topological polar surface area (TPSA) is 99.6 Å². The first kappa shape index (κ1) is 34.4. The molecule has 2 aliphatic rings. The molecule has 1 saturated carbocycles. The Hall–Kier alpha value is -3.98. The van der Waals surface area contributed by atoms with E-state index in [9.17, 15) is 49.1 Å². The maximum Gasteiger partial charge on any atom is 0.417 e. The lowest BCUT2D eigenvalue weighted by Gasteiger charge is -2.46. The number of aromatic nitrogens is 1. The number of carbonyl (C=O) groups is 1. The quantitative estimate of drug-likeness (QED) is 0.207. The number of anilines is 2. The van der Waals surface area contributed by atoms with Crippen LogP contribution in [0.3, 0.4) is 0 Å². The van der Waals surface area contributed by atoms with E-state index in [4.69, 9.17) is 0 Å². The van der Waals surface area contributed by atoms with E-state index in [-0.39, 0.29) is 46.7 Å². The number of nitrogens with zero attached hydrogens (tertiary/aromatic N) is 2. The summed E-state index contributed by atoms with van der Waals surface area (Å²) in [4.78, 5) is 16.6. The number of pyridine rings is 1. The third-order valence-corrected chi connectivity index (χ3v) is 10.7. The molecule has 1 aliphatic heterocycles. The predicted octanol–water partition coefficient (Wildman–Crippen LogP) is 7.53. The minimum absolute atomic E-state index is 0.0549. The number of amides is 1. The van der Waals surface area contributed by atoms with Crippen LogP contribution in [0.25, 0.3) is 0 Å². The van der Waals surface area contributed by atoms with Crippen molar-refractivity contribution in [1.82, 2.24) is 4.98 Å². The maximum atomic E-state index is 14.2. The molecule has 2 heterocycles. The first-order chi connectivity index (χ1) is 21.8. The number of aliphatic hydroxyl groups is 1. The van der Waals surface area contributed by atoms with Crippen molar-refractivity contribution in [3.8, 4) is 0 Å². The van der Waals surface area contributed by atoms with Crippen LogP contribution in [0, 0.1) is 5.82 Å². The van der Waals surface area contributed by atoms with Gasteiger partial charge in [0, 0.05) is 17.2 Å². The van der Waals surface area contributed by atoms with Crippen molar-refractivity contribution >= 4 is 27.3 Å². The molecule has 1 aromatic heterocycles. The van der Waals surface area contributed by atoms with Crippen molar-refractivity contribution in [2.75, 3.05) is 9.62 Å². The summed E-state index contributed by atoms with van der Waals surface area (Å²) in [5.74, 6) is -1.55. The average Bonchev–Trinajstić information content (AvgIpc) is 3.26. The van der Waals surface area contributed by atoms with Crippen molar-refractivity contribution in [1.29, 1.82) is 0 Å². The number of sulfonamides is 1. The minimum atomic E-state index is -4.95. The molecule has 2 aromatic carbocycles. The molecule has 1 fully saturated rings. The summed E-state index contributed by atoms with van der Waals surface area (Å²) < 4.78 is 125. The minimum Gasteiger partial charge on any atom is -0.380 e. The molecule has 0 saturated heterocycles. The third-order valence-electron chi connectivity index (χ3n) is 8.89. The lowest BCUT2D eigenvalue weighted by molar-refractivity contribution is -0.273. The molecule has 3 aromatic rings. The summed E-state index contributed by atoms with van der Waals surface area (Å²) in [7, 11) is -4.46. The van der Waals surface area contributed by atoms with Crippen LogP contribution < -0.4 is 9.62 Å². The van der Waals surface area contributed by atoms with E-state index in [0.717, 1.165) is 40.3 Å². The summed E-state index contributed by atoms with van der Waals surface area (Å²) in [5, 5.41) is 12.9. The fourth-order valence-corrected chi connectivity index (χ4v) is 8.14. The van der Waals surface area contributed by atoms with Crippen LogP contribution in [0.2, 0.25) is 0 Å². The smallest absolute Gasteiger partial charge is 0.380 e. The zero-order valence-corrected chi connectivity index (χ0v) is 25.9. The number of hydrogen-bond acceptors (Lipinski definition) is 5. The number of alkyl halides is 6. The molecular weight excluding hydrogens is 655 g/mol. The van der Waals surface area contributed by atoms with E-state index in [2.05, 4.69) is 10.3 Å². The molecule has 1 amide bonds. The molecule has 1 spiro atoms. The fraction of sp³-hybridized carbons (Fsp3) is 0.375. The number of halogens is 7. The Bertz CT molecular complexity index is 1810. The van der Waals surface area contributed by atoms with Crippen molar-refractivity contribution in [2.45, 2.75) is 80.3 Å². The van der Waals surface area contributed by atoms with Crippen molar-refractivity contribution in [3.63, 3.8) is 0 Å². The second kappa shape index (κ2) is 11.9. The van der Waals surface area contributed by atoms with E-state index < -0.39 is 69.6 Å². The molecule has 1 atom stereocenters. The Balaban J connectivity index is 1.65. The third kappa shape index (κ3) is 6.34. The zero-order valence-electron chi connectivity index (χ0n) is 25.1. The van der Waals surface area contributed by atoms with Gasteiger partial charge >= 0.3 is 12.4 Å². The van der Waals surface area contributed by atoms with E-state index >= 15 is 0 Å². The van der Waals surface area contributed by atoms with Crippen LogP contribution in [-0.4, -0.2) is 42.2 Å². The highest BCUT2D eigenvalue weighted by molar-refractivity contribution is 7.92. The Morgan fingerprint density at radius 3 is 2.21 bits per heavy atom. The summed E-state index contributed by atoms with van der Waals surface area (Å²) in [6, 6.07) is 7.66. The van der Waals surface area contributed by atoms with Gasteiger partial charge in [-0.1, -0.05) is 11.6 Å². The number of rotatable bonds is 6. The van der Waals surface area contributed by atoms with Gasteiger partial charge in [0.05, 0.1) is 34.1 Å². The van der Waals surface area contributed by atoms with E-state index in [1.807, 2.05) is 0 Å². The molecule has 1 unspecified atom stereocenters. The lowest BCUT2D eigenvalue weighted by atomic mass is 9.62. The zero-order chi connectivity index (χ0) is 34.6. The van der Waals surface area contributed by atoms with Crippen LogP contribution >= 0.6 is 0 Å². The van der Waals surface area contributed by atoms with Gasteiger partial charge < -0.3 is 10.4 Å². The lowest BCUT2D eigenvalue weighted by Crippen LogP contribution is -2.55. The monoisotopic (exact) mass is 685 g/mol. The molecular formula is C32H30F7N3O4S. The van der Waals surface area contributed by atoms with Crippen LogP contribution in [0.15, 0.2) is 77.5 Å². The maximum absolute atomic E-state index is 14.2. The molecule has 15 heteroatoms. The van der Waals surface area contributed by atoms with Gasteiger partial charge in [-0.15, -0.1) is 0 Å². The second-order valence-electron chi connectivity index (χ2n) is 12.1. The van der Waals surface area contributed by atoms with Crippen LogP contribution in [0.4, 0.5) is 42.1 Å². The molecule has 0 bridgehead atoms. The number of benzene rings is 2. The van der Waals surface area contributed by atoms with Gasteiger partial charge in [0.1, 0.15) is 5.82 Å². The van der Waals surface area contributed by atoms with Crippen LogP contribution in [0.1, 0.15) is 67.4 Å². The highest BCUT2D eigenvalue weighted by Gasteiger charge is 2.62. The summed E-state index contributed by atoms with van der Waals surface area (Å²) in [6.45, 7) is 3.53. The van der Waals surface area contributed by atoms with E-state index in [1.165, 1.54) is 18.2 Å². The van der Waals surface area contributed by atoms with Gasteiger partial charge in [-0.05, 0) is 100 Å². The number of fused-ring (bicyclic) bond motifs is 2.